The molecular weight excluding hydrogens is 1100 g/mol. The average molecular weight is 1160 g/mol. The standard InChI is InChI=1S/8C4H8O.2Ca.4HI/c8*1-2-4-5-3-1;;;;;;/h8*1-4H2;;;4*1H/q;;;;;;;;2*+2;;;;/p-4. The Morgan fingerprint density at radius 2 is 0.217 bits per heavy atom. The summed E-state index contributed by atoms with van der Waals surface area (Å²) in [6, 6.07) is 0. The Morgan fingerprint density at radius 3 is 0.239 bits per heavy atom. The number of hydrogen-bond acceptors (Lipinski definition) is 8. The second-order valence-corrected chi connectivity index (χ2v) is 10.6. The largest absolute Gasteiger partial charge is 2.00 e. The van der Waals surface area contributed by atoms with Gasteiger partial charge in [0.1, 0.15) is 0 Å². The van der Waals surface area contributed by atoms with E-state index in [-0.39, 0.29) is 171 Å². The van der Waals surface area contributed by atoms with E-state index in [4.69, 9.17) is 37.9 Å². The molecule has 0 radical (unpaired) electrons. The van der Waals surface area contributed by atoms with E-state index in [0.29, 0.717) is 0 Å². The van der Waals surface area contributed by atoms with Crippen molar-refractivity contribution in [1.29, 1.82) is 0 Å². The van der Waals surface area contributed by atoms with Crippen LogP contribution in [0.25, 0.3) is 0 Å². The van der Waals surface area contributed by atoms with Gasteiger partial charge in [-0.25, -0.2) is 0 Å². The molecule has 8 saturated heterocycles. The Hall–Kier alpha value is 5.12. The summed E-state index contributed by atoms with van der Waals surface area (Å²) in [4.78, 5) is 0. The van der Waals surface area contributed by atoms with Gasteiger partial charge in [0.2, 0.25) is 0 Å². The first kappa shape index (κ1) is 63.1. The zero-order valence-corrected chi connectivity index (χ0v) is 41.9. The van der Waals surface area contributed by atoms with Crippen LogP contribution >= 0.6 is 0 Å². The molecule has 8 rings (SSSR count). The van der Waals surface area contributed by atoms with Gasteiger partial charge in [-0.1, -0.05) is 0 Å². The minimum absolute atomic E-state index is 0. The average Bonchev–Trinajstić information content (AvgIpc) is 3.95. The zero-order chi connectivity index (χ0) is 28.3. The Morgan fingerprint density at radius 1 is 0.152 bits per heavy atom. The monoisotopic (exact) mass is 1160 g/mol. The summed E-state index contributed by atoms with van der Waals surface area (Å²) in [6.45, 7) is 16.0. The van der Waals surface area contributed by atoms with Crippen LogP contribution in [0.3, 0.4) is 0 Å². The van der Waals surface area contributed by atoms with E-state index in [2.05, 4.69) is 0 Å². The van der Waals surface area contributed by atoms with Crippen LogP contribution in [-0.4, -0.2) is 181 Å². The van der Waals surface area contributed by atoms with Crippen molar-refractivity contribution < 1.29 is 134 Å². The summed E-state index contributed by atoms with van der Waals surface area (Å²) in [7, 11) is 0. The van der Waals surface area contributed by atoms with Crippen LogP contribution in [0.2, 0.25) is 0 Å². The van der Waals surface area contributed by atoms with Crippen molar-refractivity contribution in [2.45, 2.75) is 103 Å². The van der Waals surface area contributed by atoms with Gasteiger partial charge in [0.05, 0.1) is 0 Å². The fraction of sp³-hybridized carbons (Fsp3) is 1.00. The first-order valence-corrected chi connectivity index (χ1v) is 16.6. The molecule has 0 unspecified atom stereocenters. The third-order valence-electron chi connectivity index (χ3n) is 6.62. The third-order valence-corrected chi connectivity index (χ3v) is 6.62. The summed E-state index contributed by atoms with van der Waals surface area (Å²) in [5, 5.41) is 0. The molecule has 0 aromatic rings. The van der Waals surface area contributed by atoms with E-state index >= 15 is 0 Å². The van der Waals surface area contributed by atoms with E-state index in [1.54, 1.807) is 0 Å². The number of ether oxygens (including phenoxy) is 8. The van der Waals surface area contributed by atoms with Gasteiger partial charge in [-0.15, -0.1) is 0 Å². The fourth-order valence-electron chi connectivity index (χ4n) is 4.08. The molecule has 272 valence electrons. The molecule has 0 saturated carbocycles. The van der Waals surface area contributed by atoms with Crippen molar-refractivity contribution in [3.05, 3.63) is 0 Å². The van der Waals surface area contributed by atoms with Gasteiger partial charge in [0.25, 0.3) is 0 Å². The van der Waals surface area contributed by atoms with Crippen LogP contribution in [0.15, 0.2) is 0 Å². The predicted molar refractivity (Wildman–Crippen MR) is 172 cm³/mol. The molecule has 8 nitrogen and oxygen atoms in total. The van der Waals surface area contributed by atoms with Gasteiger partial charge in [0, 0.05) is 106 Å². The van der Waals surface area contributed by atoms with Crippen molar-refractivity contribution in [2.75, 3.05) is 106 Å². The van der Waals surface area contributed by atoms with Gasteiger partial charge < -0.3 is 134 Å². The first-order valence-electron chi connectivity index (χ1n) is 16.6. The Kier molecular flexibility index (Phi) is 81.5. The van der Waals surface area contributed by atoms with Crippen LogP contribution in [0, 0.1) is 0 Å². The molecule has 0 aromatic heterocycles. The van der Waals surface area contributed by atoms with Crippen LogP contribution in [-0.2, 0) is 37.9 Å². The Labute approximate surface area is 411 Å². The Balaban J connectivity index is -0.0000000976. The molecule has 8 fully saturated rings. The quantitative estimate of drug-likeness (QED) is 0.176. The second-order valence-electron chi connectivity index (χ2n) is 10.6. The van der Waals surface area contributed by atoms with Crippen LogP contribution in [0.5, 0.6) is 0 Å². The van der Waals surface area contributed by atoms with Gasteiger partial charge in [-0.05, 0) is 103 Å². The molecule has 0 amide bonds. The van der Waals surface area contributed by atoms with Crippen molar-refractivity contribution in [2.24, 2.45) is 0 Å². The number of rotatable bonds is 0. The Bertz CT molecular complexity index is 273. The normalized spacial score (nSPS) is 20.9. The summed E-state index contributed by atoms with van der Waals surface area (Å²) in [5.41, 5.74) is 0. The van der Waals surface area contributed by atoms with Crippen LogP contribution in [0.4, 0.5) is 0 Å². The molecule has 0 bridgehead atoms. The summed E-state index contributed by atoms with van der Waals surface area (Å²) >= 11 is 0. The fourth-order valence-corrected chi connectivity index (χ4v) is 4.08. The third kappa shape index (κ3) is 55.9. The van der Waals surface area contributed by atoms with E-state index in [9.17, 15) is 0 Å². The van der Waals surface area contributed by atoms with Gasteiger partial charge in [0.15, 0.2) is 0 Å². The van der Waals surface area contributed by atoms with Crippen LogP contribution in [0.1, 0.15) is 103 Å². The molecule has 0 aromatic carbocycles. The summed E-state index contributed by atoms with van der Waals surface area (Å²) in [6.07, 6.45) is 20.4. The topological polar surface area (TPSA) is 73.8 Å². The molecule has 0 atom stereocenters. The zero-order valence-electron chi connectivity index (χ0n) is 28.8. The molecular formula is C32H64Ca2I4O8. The molecule has 0 aliphatic carbocycles. The SMILES string of the molecule is C1CCOC1.C1CCOC1.C1CCOC1.C1CCOC1.C1CCOC1.C1CCOC1.C1CCOC1.C1CCOC1.[Ca+2].[Ca+2].[I-].[I-].[I-].[I-]. The van der Waals surface area contributed by atoms with Gasteiger partial charge in [-0.3, -0.25) is 0 Å². The molecule has 14 heteroatoms. The van der Waals surface area contributed by atoms with Crippen LogP contribution < -0.4 is 95.9 Å². The maximum Gasteiger partial charge on any atom is 2.00 e. The van der Waals surface area contributed by atoms with E-state index in [1.165, 1.54) is 103 Å². The molecule has 46 heavy (non-hydrogen) atoms. The molecule has 0 N–H and O–H groups in total. The number of hydrogen-bond donors (Lipinski definition) is 0. The summed E-state index contributed by atoms with van der Waals surface area (Å²) < 4.78 is 39.6. The van der Waals surface area contributed by atoms with Crippen molar-refractivity contribution in [3.8, 4) is 0 Å². The minimum atomic E-state index is 0. The van der Waals surface area contributed by atoms with E-state index in [1.807, 2.05) is 0 Å². The van der Waals surface area contributed by atoms with Gasteiger partial charge in [-0.2, -0.15) is 0 Å². The van der Waals surface area contributed by atoms with Gasteiger partial charge >= 0.3 is 75.5 Å². The minimum Gasteiger partial charge on any atom is -1.00 e. The number of halogens is 4. The smallest absolute Gasteiger partial charge is 1.00 e. The molecule has 8 aliphatic rings. The predicted octanol–water partition coefficient (Wildman–Crippen LogP) is -6.37. The van der Waals surface area contributed by atoms with Crippen molar-refractivity contribution >= 4 is 75.5 Å². The maximum atomic E-state index is 4.94. The molecule has 8 aliphatic heterocycles. The molecule has 8 heterocycles. The summed E-state index contributed by atoms with van der Waals surface area (Å²) in [5.74, 6) is 0. The van der Waals surface area contributed by atoms with Crippen molar-refractivity contribution in [3.63, 3.8) is 0 Å². The van der Waals surface area contributed by atoms with Crippen molar-refractivity contribution in [1.82, 2.24) is 0 Å². The second kappa shape index (κ2) is 59.4. The van der Waals surface area contributed by atoms with E-state index < -0.39 is 0 Å². The maximum absolute atomic E-state index is 4.94. The van der Waals surface area contributed by atoms with E-state index in [0.717, 1.165) is 106 Å². The first-order chi connectivity index (χ1) is 20.0. The molecule has 0 spiro atoms.